The summed E-state index contributed by atoms with van der Waals surface area (Å²) in [5, 5.41) is 4.71. The molecule has 1 fully saturated rings. The molecule has 0 spiro atoms. The van der Waals surface area contributed by atoms with Gasteiger partial charge in [-0.1, -0.05) is 37.5 Å². The third kappa shape index (κ3) is 2.33. The molecule has 1 aromatic carbocycles. The van der Waals surface area contributed by atoms with E-state index in [1.165, 1.54) is 36.6 Å². The van der Waals surface area contributed by atoms with Crippen molar-refractivity contribution in [1.82, 2.24) is 4.98 Å². The van der Waals surface area contributed by atoms with Gasteiger partial charge in [-0.05, 0) is 37.0 Å². The Labute approximate surface area is 108 Å². The molecule has 0 radical (unpaired) electrons. The maximum absolute atomic E-state index is 4.70. The molecule has 1 aromatic heterocycles. The van der Waals surface area contributed by atoms with Crippen LogP contribution in [0.4, 0.5) is 5.82 Å². The van der Waals surface area contributed by atoms with Gasteiger partial charge in [0, 0.05) is 11.9 Å². The third-order valence-corrected chi connectivity index (χ3v) is 3.98. The minimum absolute atomic E-state index is 0.957. The zero-order valence-corrected chi connectivity index (χ0v) is 10.9. The van der Waals surface area contributed by atoms with E-state index in [0.29, 0.717) is 0 Å². The van der Waals surface area contributed by atoms with Crippen molar-refractivity contribution < 1.29 is 0 Å². The predicted octanol–water partition coefficient (Wildman–Crippen LogP) is 4.15. The number of benzene rings is 1. The number of hydrogen-bond acceptors (Lipinski definition) is 2. The Morgan fingerprint density at radius 2 is 2.11 bits per heavy atom. The highest BCUT2D eigenvalue weighted by molar-refractivity contribution is 5.81. The second-order valence-corrected chi connectivity index (χ2v) is 5.36. The molecule has 18 heavy (non-hydrogen) atoms. The van der Waals surface area contributed by atoms with E-state index in [1.807, 2.05) is 6.07 Å². The fourth-order valence-corrected chi connectivity index (χ4v) is 2.58. The van der Waals surface area contributed by atoms with E-state index >= 15 is 0 Å². The molecule has 1 aliphatic rings. The molecule has 2 nitrogen and oxygen atoms in total. The van der Waals surface area contributed by atoms with Gasteiger partial charge in [0.15, 0.2) is 0 Å². The van der Waals surface area contributed by atoms with Crippen molar-refractivity contribution in [2.24, 2.45) is 5.92 Å². The summed E-state index contributed by atoms with van der Waals surface area (Å²) in [6.07, 6.45) is 5.56. The Morgan fingerprint density at radius 3 is 2.89 bits per heavy atom. The highest BCUT2D eigenvalue weighted by atomic mass is 15.0. The molecule has 1 saturated carbocycles. The summed E-state index contributed by atoms with van der Waals surface area (Å²) in [7, 11) is 0. The topological polar surface area (TPSA) is 24.9 Å². The number of nitrogens with one attached hydrogen (secondary N) is 1. The number of para-hydroxylation sites is 1. The first-order valence-electron chi connectivity index (χ1n) is 6.93. The monoisotopic (exact) mass is 240 g/mol. The molecular formula is C16H20N2. The highest BCUT2D eigenvalue weighted by Gasteiger charge is 2.16. The lowest BCUT2D eigenvalue weighted by Crippen LogP contribution is -2.16. The molecule has 0 atom stereocenters. The van der Waals surface area contributed by atoms with Gasteiger partial charge < -0.3 is 5.32 Å². The maximum Gasteiger partial charge on any atom is 0.129 e. The smallest absolute Gasteiger partial charge is 0.129 e. The summed E-state index contributed by atoms with van der Waals surface area (Å²) in [6.45, 7) is 3.18. The van der Waals surface area contributed by atoms with Gasteiger partial charge in [0.1, 0.15) is 5.82 Å². The Balaban J connectivity index is 1.72. The predicted molar refractivity (Wildman–Crippen MR) is 76.9 cm³/mol. The molecule has 0 saturated heterocycles. The Hall–Kier alpha value is -1.57. The molecule has 2 aromatic rings. The fourth-order valence-electron chi connectivity index (χ4n) is 2.58. The van der Waals surface area contributed by atoms with Gasteiger partial charge in [0.25, 0.3) is 0 Å². The first kappa shape index (κ1) is 11.5. The number of aromatic nitrogens is 1. The zero-order chi connectivity index (χ0) is 12.4. The lowest BCUT2D eigenvalue weighted by Gasteiger charge is -2.25. The summed E-state index contributed by atoms with van der Waals surface area (Å²) in [5.41, 5.74) is 2.32. The van der Waals surface area contributed by atoms with Crippen molar-refractivity contribution in [3.05, 3.63) is 35.9 Å². The maximum atomic E-state index is 4.70. The van der Waals surface area contributed by atoms with Gasteiger partial charge in [0.05, 0.1) is 5.52 Å². The van der Waals surface area contributed by atoms with Crippen molar-refractivity contribution in [1.29, 1.82) is 0 Å². The van der Waals surface area contributed by atoms with E-state index in [0.717, 1.165) is 23.8 Å². The van der Waals surface area contributed by atoms with Crippen LogP contribution in [-0.2, 0) is 0 Å². The van der Waals surface area contributed by atoms with Crippen LogP contribution in [0, 0.1) is 12.8 Å². The Kier molecular flexibility index (Phi) is 3.18. The SMILES string of the molecule is Cc1cc2ccccc2nc1NCCC1CCC1. The molecule has 2 heteroatoms. The lowest BCUT2D eigenvalue weighted by molar-refractivity contribution is 0.303. The van der Waals surface area contributed by atoms with E-state index in [-0.39, 0.29) is 0 Å². The minimum Gasteiger partial charge on any atom is -0.370 e. The summed E-state index contributed by atoms with van der Waals surface area (Å²) in [6, 6.07) is 10.5. The molecule has 3 rings (SSSR count). The quantitative estimate of drug-likeness (QED) is 0.868. The first-order valence-corrected chi connectivity index (χ1v) is 6.93. The van der Waals surface area contributed by atoms with Gasteiger partial charge in [-0.3, -0.25) is 0 Å². The van der Waals surface area contributed by atoms with Crippen LogP contribution >= 0.6 is 0 Å². The summed E-state index contributed by atoms with van der Waals surface area (Å²) >= 11 is 0. The van der Waals surface area contributed by atoms with E-state index in [2.05, 4.69) is 36.5 Å². The average molecular weight is 240 g/mol. The summed E-state index contributed by atoms with van der Waals surface area (Å²) in [4.78, 5) is 4.70. The first-order chi connectivity index (χ1) is 8.83. The molecule has 0 amide bonds. The molecule has 0 aliphatic heterocycles. The average Bonchev–Trinajstić information content (AvgIpc) is 2.32. The Bertz CT molecular complexity index is 544. The molecular weight excluding hydrogens is 220 g/mol. The van der Waals surface area contributed by atoms with E-state index < -0.39 is 0 Å². The van der Waals surface area contributed by atoms with Gasteiger partial charge in [0.2, 0.25) is 0 Å². The normalized spacial score (nSPS) is 15.6. The van der Waals surface area contributed by atoms with Crippen LogP contribution in [0.5, 0.6) is 0 Å². The van der Waals surface area contributed by atoms with Crippen LogP contribution in [0.3, 0.4) is 0 Å². The molecule has 1 heterocycles. The van der Waals surface area contributed by atoms with Crippen LogP contribution in [-0.4, -0.2) is 11.5 Å². The summed E-state index contributed by atoms with van der Waals surface area (Å²) in [5.74, 6) is 2.01. The van der Waals surface area contributed by atoms with Crippen molar-refractivity contribution in [3.8, 4) is 0 Å². The highest BCUT2D eigenvalue weighted by Crippen LogP contribution is 2.29. The van der Waals surface area contributed by atoms with Crippen LogP contribution in [0.25, 0.3) is 10.9 Å². The van der Waals surface area contributed by atoms with Crippen LogP contribution in [0.1, 0.15) is 31.2 Å². The molecule has 1 aliphatic carbocycles. The van der Waals surface area contributed by atoms with Crippen LogP contribution < -0.4 is 5.32 Å². The Morgan fingerprint density at radius 1 is 1.28 bits per heavy atom. The number of fused-ring (bicyclic) bond motifs is 1. The second kappa shape index (κ2) is 4.97. The number of nitrogens with zero attached hydrogens (tertiary/aromatic N) is 1. The summed E-state index contributed by atoms with van der Waals surface area (Å²) < 4.78 is 0. The van der Waals surface area contributed by atoms with Crippen molar-refractivity contribution in [2.75, 3.05) is 11.9 Å². The number of hydrogen-bond donors (Lipinski definition) is 1. The molecule has 1 N–H and O–H groups in total. The van der Waals surface area contributed by atoms with E-state index in [9.17, 15) is 0 Å². The van der Waals surface area contributed by atoms with Gasteiger partial charge in [-0.25, -0.2) is 4.98 Å². The number of pyridine rings is 1. The standard InChI is InChI=1S/C16H20N2/c1-12-11-14-7-2-3-8-15(14)18-16(12)17-10-9-13-5-4-6-13/h2-3,7-8,11,13H,4-6,9-10H2,1H3,(H,17,18). The van der Waals surface area contributed by atoms with Gasteiger partial charge >= 0.3 is 0 Å². The number of anilines is 1. The van der Waals surface area contributed by atoms with Crippen LogP contribution in [0.15, 0.2) is 30.3 Å². The minimum atomic E-state index is 0.957. The van der Waals surface area contributed by atoms with Crippen molar-refractivity contribution >= 4 is 16.7 Å². The number of rotatable bonds is 4. The fraction of sp³-hybridized carbons (Fsp3) is 0.438. The largest absolute Gasteiger partial charge is 0.370 e. The van der Waals surface area contributed by atoms with Crippen molar-refractivity contribution in [2.45, 2.75) is 32.6 Å². The third-order valence-electron chi connectivity index (χ3n) is 3.98. The lowest BCUT2D eigenvalue weighted by atomic mass is 9.83. The van der Waals surface area contributed by atoms with Gasteiger partial charge in [-0.15, -0.1) is 0 Å². The zero-order valence-electron chi connectivity index (χ0n) is 10.9. The number of aryl methyl sites for hydroxylation is 1. The van der Waals surface area contributed by atoms with E-state index in [1.54, 1.807) is 0 Å². The van der Waals surface area contributed by atoms with Crippen molar-refractivity contribution in [3.63, 3.8) is 0 Å². The molecule has 0 unspecified atom stereocenters. The van der Waals surface area contributed by atoms with E-state index in [4.69, 9.17) is 4.98 Å². The molecule has 0 bridgehead atoms. The molecule has 94 valence electrons. The van der Waals surface area contributed by atoms with Crippen LogP contribution in [0.2, 0.25) is 0 Å². The van der Waals surface area contributed by atoms with Gasteiger partial charge in [-0.2, -0.15) is 0 Å². The second-order valence-electron chi connectivity index (χ2n) is 5.36.